The topological polar surface area (TPSA) is 106 Å². The van der Waals surface area contributed by atoms with Crippen molar-refractivity contribution in [2.75, 3.05) is 13.1 Å². The van der Waals surface area contributed by atoms with Crippen molar-refractivity contribution in [3.05, 3.63) is 47.9 Å². The van der Waals surface area contributed by atoms with Gasteiger partial charge in [-0.2, -0.15) is 5.10 Å². The van der Waals surface area contributed by atoms with Crippen LogP contribution >= 0.6 is 0 Å². The molecule has 0 aliphatic carbocycles. The molecule has 4 aromatic rings. The third kappa shape index (κ3) is 3.47. The van der Waals surface area contributed by atoms with Crippen LogP contribution in [-0.2, 0) is 11.3 Å². The minimum atomic E-state index is 0.156. The van der Waals surface area contributed by atoms with Crippen molar-refractivity contribution in [1.82, 2.24) is 35.2 Å². The van der Waals surface area contributed by atoms with Crippen LogP contribution in [0.3, 0.4) is 0 Å². The van der Waals surface area contributed by atoms with Crippen molar-refractivity contribution < 1.29 is 9.32 Å². The van der Waals surface area contributed by atoms with Crippen molar-refractivity contribution in [3.63, 3.8) is 0 Å². The summed E-state index contributed by atoms with van der Waals surface area (Å²) in [6.07, 6.45) is 3.99. The van der Waals surface area contributed by atoms with E-state index in [-0.39, 0.29) is 5.91 Å². The van der Waals surface area contributed by atoms with Gasteiger partial charge < -0.3 is 9.42 Å². The van der Waals surface area contributed by atoms with Crippen LogP contribution in [-0.4, -0.2) is 54.2 Å². The summed E-state index contributed by atoms with van der Waals surface area (Å²) in [5.74, 6) is 1.20. The molecule has 0 spiro atoms. The fraction of sp³-hybridized carbons (Fsp3) is 0.381. The number of nitrogens with one attached hydrogen (secondary N) is 1. The van der Waals surface area contributed by atoms with Gasteiger partial charge in [-0.1, -0.05) is 22.5 Å². The Morgan fingerprint density at radius 3 is 2.90 bits per heavy atom. The van der Waals surface area contributed by atoms with E-state index in [0.29, 0.717) is 18.9 Å². The number of hydrogen-bond acceptors (Lipinski definition) is 6. The average Bonchev–Trinajstić information content (AvgIpc) is 3.51. The summed E-state index contributed by atoms with van der Waals surface area (Å²) < 4.78 is 7.21. The van der Waals surface area contributed by atoms with Gasteiger partial charge >= 0.3 is 0 Å². The molecule has 1 aromatic carbocycles. The van der Waals surface area contributed by atoms with Gasteiger partial charge in [0.15, 0.2) is 5.76 Å². The first-order chi connectivity index (χ1) is 14.7. The van der Waals surface area contributed by atoms with E-state index in [1.807, 2.05) is 42.2 Å². The molecule has 154 valence electrons. The van der Waals surface area contributed by atoms with Gasteiger partial charge in [0.05, 0.1) is 29.5 Å². The summed E-state index contributed by atoms with van der Waals surface area (Å²) in [6.45, 7) is 3.90. The lowest BCUT2D eigenvalue weighted by Crippen LogP contribution is -2.38. The lowest BCUT2D eigenvalue weighted by molar-refractivity contribution is -0.132. The van der Waals surface area contributed by atoms with Crippen LogP contribution in [0.25, 0.3) is 22.4 Å². The molecule has 0 radical (unpaired) electrons. The van der Waals surface area contributed by atoms with E-state index in [1.165, 1.54) is 0 Å². The first-order valence-electron chi connectivity index (χ1n) is 10.2. The quantitative estimate of drug-likeness (QED) is 0.547. The van der Waals surface area contributed by atoms with Crippen LogP contribution in [0.2, 0.25) is 0 Å². The number of likely N-dealkylation sites (tertiary alicyclic amines) is 1. The minimum Gasteiger partial charge on any atom is -0.356 e. The van der Waals surface area contributed by atoms with E-state index in [2.05, 4.69) is 25.7 Å². The Morgan fingerprint density at radius 2 is 2.10 bits per heavy atom. The molecule has 0 bridgehead atoms. The van der Waals surface area contributed by atoms with Crippen molar-refractivity contribution in [3.8, 4) is 11.3 Å². The molecule has 30 heavy (non-hydrogen) atoms. The van der Waals surface area contributed by atoms with E-state index in [9.17, 15) is 4.79 Å². The van der Waals surface area contributed by atoms with Crippen molar-refractivity contribution in [2.45, 2.75) is 38.6 Å². The van der Waals surface area contributed by atoms with Crippen LogP contribution in [0.5, 0.6) is 0 Å². The molecule has 0 atom stereocenters. The van der Waals surface area contributed by atoms with Crippen LogP contribution in [0.4, 0.5) is 0 Å². The number of nitrogens with zero attached hydrogens (tertiary/aromatic N) is 6. The number of aromatic nitrogens is 6. The Labute approximate surface area is 173 Å². The number of rotatable bonds is 5. The number of aryl methyl sites for hydroxylation is 2. The van der Waals surface area contributed by atoms with Gasteiger partial charge in [0, 0.05) is 37.2 Å². The largest absolute Gasteiger partial charge is 0.356 e. The highest BCUT2D eigenvalue weighted by atomic mass is 16.5. The van der Waals surface area contributed by atoms with Crippen LogP contribution in [0.15, 0.2) is 41.1 Å². The highest BCUT2D eigenvalue weighted by Gasteiger charge is 2.27. The maximum atomic E-state index is 12.7. The second-order valence-electron chi connectivity index (χ2n) is 7.74. The van der Waals surface area contributed by atoms with Crippen molar-refractivity contribution in [2.24, 2.45) is 0 Å². The third-order valence-electron chi connectivity index (χ3n) is 5.78. The SMILES string of the molecule is Cc1cc(-c2cn[nH]c2C2CCN(C(=O)CCn3nnc4ccccc43)CC2)on1. The Balaban J connectivity index is 1.19. The molecule has 1 aliphatic heterocycles. The molecule has 1 aliphatic rings. The second-order valence-corrected chi connectivity index (χ2v) is 7.74. The fourth-order valence-electron chi connectivity index (χ4n) is 4.15. The summed E-state index contributed by atoms with van der Waals surface area (Å²) in [5, 5.41) is 19.6. The van der Waals surface area contributed by atoms with Gasteiger partial charge in [-0.05, 0) is 31.9 Å². The molecule has 1 N–H and O–H groups in total. The zero-order chi connectivity index (χ0) is 20.5. The molecular weight excluding hydrogens is 382 g/mol. The first-order valence-corrected chi connectivity index (χ1v) is 10.2. The Hall–Kier alpha value is -3.49. The smallest absolute Gasteiger partial charge is 0.224 e. The number of para-hydroxylation sites is 1. The summed E-state index contributed by atoms with van der Waals surface area (Å²) >= 11 is 0. The Morgan fingerprint density at radius 1 is 1.27 bits per heavy atom. The zero-order valence-corrected chi connectivity index (χ0v) is 16.8. The van der Waals surface area contributed by atoms with Crippen molar-refractivity contribution in [1.29, 1.82) is 0 Å². The lowest BCUT2D eigenvalue weighted by atomic mass is 9.90. The number of hydrogen-bond donors (Lipinski definition) is 1. The van der Waals surface area contributed by atoms with E-state index >= 15 is 0 Å². The van der Waals surface area contributed by atoms with Gasteiger partial charge in [0.25, 0.3) is 0 Å². The predicted octanol–water partition coefficient (Wildman–Crippen LogP) is 2.91. The van der Waals surface area contributed by atoms with Crippen molar-refractivity contribution >= 4 is 16.9 Å². The van der Waals surface area contributed by atoms with E-state index in [1.54, 1.807) is 10.9 Å². The van der Waals surface area contributed by atoms with Gasteiger partial charge in [-0.25, -0.2) is 4.68 Å². The molecule has 5 rings (SSSR count). The molecule has 4 heterocycles. The number of carbonyl (C=O) groups excluding carboxylic acids is 1. The average molecular weight is 405 g/mol. The normalized spacial score (nSPS) is 15.2. The van der Waals surface area contributed by atoms with Gasteiger partial charge in [0.2, 0.25) is 5.91 Å². The highest BCUT2D eigenvalue weighted by Crippen LogP contribution is 2.34. The second kappa shape index (κ2) is 7.74. The molecular formula is C21H23N7O2. The first kappa shape index (κ1) is 18.5. The van der Waals surface area contributed by atoms with Gasteiger partial charge in [0.1, 0.15) is 5.52 Å². The standard InChI is InChI=1S/C21H23N7O2/c1-14-12-19(30-25-14)16-13-22-24-21(16)15-6-9-27(10-7-15)20(29)8-11-28-18-5-3-2-4-17(18)23-26-28/h2-5,12-13,15H,6-11H2,1H3,(H,22,24). The number of fused-ring (bicyclic) bond motifs is 1. The molecule has 0 unspecified atom stereocenters. The van der Waals surface area contributed by atoms with Gasteiger partial charge in [-0.3, -0.25) is 9.89 Å². The van der Waals surface area contributed by atoms with E-state index < -0.39 is 0 Å². The monoisotopic (exact) mass is 405 g/mol. The number of amides is 1. The molecule has 1 amide bonds. The number of benzene rings is 1. The van der Waals surface area contributed by atoms with E-state index in [0.717, 1.165) is 59.7 Å². The zero-order valence-electron chi connectivity index (χ0n) is 16.8. The highest BCUT2D eigenvalue weighted by molar-refractivity contribution is 5.77. The maximum Gasteiger partial charge on any atom is 0.224 e. The predicted molar refractivity (Wildman–Crippen MR) is 110 cm³/mol. The van der Waals surface area contributed by atoms with Crippen LogP contribution in [0, 0.1) is 6.92 Å². The third-order valence-corrected chi connectivity index (χ3v) is 5.78. The lowest BCUT2D eigenvalue weighted by Gasteiger charge is -2.32. The number of aromatic amines is 1. The molecule has 0 saturated carbocycles. The Kier molecular flexibility index (Phi) is 4.78. The summed E-state index contributed by atoms with van der Waals surface area (Å²) in [6, 6.07) is 9.71. The summed E-state index contributed by atoms with van der Waals surface area (Å²) in [5.41, 5.74) is 4.67. The maximum absolute atomic E-state index is 12.7. The summed E-state index contributed by atoms with van der Waals surface area (Å²) in [7, 11) is 0. The van der Waals surface area contributed by atoms with Crippen LogP contribution in [0.1, 0.15) is 36.6 Å². The number of H-pyrrole nitrogens is 1. The summed E-state index contributed by atoms with van der Waals surface area (Å²) in [4.78, 5) is 14.7. The number of piperidine rings is 1. The fourth-order valence-corrected chi connectivity index (χ4v) is 4.15. The molecule has 9 nitrogen and oxygen atoms in total. The van der Waals surface area contributed by atoms with E-state index in [4.69, 9.17) is 4.52 Å². The molecule has 3 aromatic heterocycles. The minimum absolute atomic E-state index is 0.156. The molecule has 1 fully saturated rings. The molecule has 9 heteroatoms. The number of carbonyl (C=O) groups is 1. The van der Waals surface area contributed by atoms with Gasteiger partial charge in [-0.15, -0.1) is 5.10 Å². The van der Waals surface area contributed by atoms with Crippen LogP contribution < -0.4 is 0 Å². The Bertz CT molecular complexity index is 1170. The molecule has 1 saturated heterocycles.